The van der Waals surface area contributed by atoms with E-state index in [4.69, 9.17) is 10.2 Å². The zero-order chi connectivity index (χ0) is 13.2. The van der Waals surface area contributed by atoms with Crippen LogP contribution in [0.15, 0.2) is 60.7 Å². The predicted octanol–water partition coefficient (Wildman–Crippen LogP) is 2.84. The molecule has 0 heterocycles. The molecule has 2 N–H and O–H groups in total. The summed E-state index contributed by atoms with van der Waals surface area (Å²) < 4.78 is 0. The standard InChI is InChI=1S/C13H11NO.CHNO/c15-13(11-7-3-1-4-8-11)14-12-9-5-2-6-10-12;2-1-3/h1-10H,(H,14,15);2H. The van der Waals surface area contributed by atoms with Crippen LogP contribution >= 0.6 is 0 Å². The van der Waals surface area contributed by atoms with Crippen LogP contribution in [-0.4, -0.2) is 12.0 Å². The average molecular weight is 240 g/mol. The minimum absolute atomic E-state index is 0.0817. The molecule has 2 aromatic carbocycles. The maximum absolute atomic E-state index is 11.7. The number of anilines is 1. The first-order valence-electron chi connectivity index (χ1n) is 5.23. The quantitative estimate of drug-likeness (QED) is 0.626. The summed E-state index contributed by atoms with van der Waals surface area (Å²) in [7, 11) is 0. The second-order valence-electron chi connectivity index (χ2n) is 3.29. The molecule has 0 saturated heterocycles. The summed E-state index contributed by atoms with van der Waals surface area (Å²) in [5.41, 5.74) is 1.48. The van der Waals surface area contributed by atoms with Gasteiger partial charge in [0.25, 0.3) is 5.91 Å². The molecule has 18 heavy (non-hydrogen) atoms. The number of benzene rings is 2. The molecule has 1 amide bonds. The van der Waals surface area contributed by atoms with Crippen molar-refractivity contribution >= 4 is 17.7 Å². The van der Waals surface area contributed by atoms with Gasteiger partial charge in [-0.15, -0.1) is 0 Å². The van der Waals surface area contributed by atoms with Gasteiger partial charge in [0, 0.05) is 11.3 Å². The highest BCUT2D eigenvalue weighted by Gasteiger charge is 2.03. The van der Waals surface area contributed by atoms with Crippen molar-refractivity contribution in [1.82, 2.24) is 0 Å². The van der Waals surface area contributed by atoms with Gasteiger partial charge in [-0.1, -0.05) is 36.4 Å². The monoisotopic (exact) mass is 240 g/mol. The van der Waals surface area contributed by atoms with Crippen LogP contribution in [0.1, 0.15) is 10.4 Å². The maximum Gasteiger partial charge on any atom is 0.255 e. The van der Waals surface area contributed by atoms with E-state index >= 15 is 0 Å². The fourth-order valence-electron chi connectivity index (χ4n) is 1.31. The van der Waals surface area contributed by atoms with Gasteiger partial charge < -0.3 is 5.32 Å². The molecule has 0 aliphatic rings. The van der Waals surface area contributed by atoms with Crippen LogP contribution in [0.2, 0.25) is 0 Å². The molecule has 0 bridgehead atoms. The molecule has 90 valence electrons. The number of carbonyl (C=O) groups is 1. The van der Waals surface area contributed by atoms with Crippen LogP contribution in [-0.2, 0) is 4.79 Å². The highest BCUT2D eigenvalue weighted by atomic mass is 16.1. The van der Waals surface area contributed by atoms with Crippen molar-refractivity contribution in [2.45, 2.75) is 0 Å². The van der Waals surface area contributed by atoms with Crippen LogP contribution in [0.3, 0.4) is 0 Å². The molecule has 2 rings (SSSR count). The fourth-order valence-corrected chi connectivity index (χ4v) is 1.31. The Morgan fingerprint density at radius 3 is 1.89 bits per heavy atom. The number of carbonyl (C=O) groups excluding carboxylic acids is 2. The van der Waals surface area contributed by atoms with E-state index in [1.807, 2.05) is 48.5 Å². The molecule has 0 atom stereocenters. The second-order valence-corrected chi connectivity index (χ2v) is 3.29. The molecular formula is C14H12N2O2. The van der Waals surface area contributed by atoms with E-state index in [2.05, 4.69) is 5.32 Å². The fraction of sp³-hybridized carbons (Fsp3) is 0. The van der Waals surface area contributed by atoms with E-state index in [9.17, 15) is 4.79 Å². The van der Waals surface area contributed by atoms with Gasteiger partial charge in [0.05, 0.1) is 0 Å². The largest absolute Gasteiger partial charge is 0.322 e. The Kier molecular flexibility index (Phi) is 5.60. The van der Waals surface area contributed by atoms with Crippen molar-refractivity contribution in [2.75, 3.05) is 5.32 Å². The van der Waals surface area contributed by atoms with Crippen molar-refractivity contribution in [3.8, 4) is 0 Å². The summed E-state index contributed by atoms with van der Waals surface area (Å²) >= 11 is 0. The summed E-state index contributed by atoms with van der Waals surface area (Å²) in [4.78, 5) is 20.1. The summed E-state index contributed by atoms with van der Waals surface area (Å²) in [5.74, 6) is -0.0817. The molecule has 0 aromatic heterocycles. The zero-order valence-corrected chi connectivity index (χ0v) is 9.59. The Hall–Kier alpha value is -2.71. The van der Waals surface area contributed by atoms with Gasteiger partial charge in [-0.25, -0.2) is 10.2 Å². The molecule has 4 nitrogen and oxygen atoms in total. The summed E-state index contributed by atoms with van der Waals surface area (Å²) in [6.07, 6.45) is 0.750. The lowest BCUT2D eigenvalue weighted by Crippen LogP contribution is -2.11. The number of isocyanates is 1. The topological polar surface area (TPSA) is 70.0 Å². The summed E-state index contributed by atoms with van der Waals surface area (Å²) in [5, 5.41) is 8.22. The first-order chi connectivity index (χ1) is 8.77. The molecule has 0 aliphatic heterocycles. The molecule has 0 spiro atoms. The van der Waals surface area contributed by atoms with E-state index in [1.165, 1.54) is 0 Å². The lowest BCUT2D eigenvalue weighted by molar-refractivity contribution is 0.102. The maximum atomic E-state index is 11.7. The minimum Gasteiger partial charge on any atom is -0.322 e. The molecule has 4 heteroatoms. The molecule has 0 fully saturated rings. The van der Waals surface area contributed by atoms with Gasteiger partial charge in [0.2, 0.25) is 6.08 Å². The Morgan fingerprint density at radius 1 is 0.944 bits per heavy atom. The molecule has 0 unspecified atom stereocenters. The number of hydrogen-bond acceptors (Lipinski definition) is 3. The Bertz CT molecular complexity index is 518. The molecule has 0 saturated carbocycles. The van der Waals surface area contributed by atoms with Crippen LogP contribution < -0.4 is 5.32 Å². The number of para-hydroxylation sites is 1. The Labute approximate surface area is 105 Å². The first kappa shape index (κ1) is 13.4. The average Bonchev–Trinajstić information content (AvgIpc) is 2.42. The molecule has 0 aliphatic carbocycles. The van der Waals surface area contributed by atoms with Gasteiger partial charge in [-0.3, -0.25) is 4.79 Å². The number of rotatable bonds is 2. The Morgan fingerprint density at radius 2 is 1.39 bits per heavy atom. The van der Waals surface area contributed by atoms with Gasteiger partial charge in [0.1, 0.15) is 0 Å². The van der Waals surface area contributed by atoms with E-state index in [0.29, 0.717) is 5.56 Å². The number of nitrogens with one attached hydrogen (secondary N) is 2. The van der Waals surface area contributed by atoms with Crippen LogP contribution in [0.25, 0.3) is 0 Å². The van der Waals surface area contributed by atoms with Gasteiger partial charge >= 0.3 is 0 Å². The SMILES string of the molecule is N=C=O.O=C(Nc1ccccc1)c1ccccc1. The van der Waals surface area contributed by atoms with E-state index in [-0.39, 0.29) is 5.91 Å². The normalized spacial score (nSPS) is 8.44. The van der Waals surface area contributed by atoms with Crippen LogP contribution in [0.5, 0.6) is 0 Å². The molecule has 0 radical (unpaired) electrons. The van der Waals surface area contributed by atoms with Gasteiger partial charge in [-0.2, -0.15) is 0 Å². The van der Waals surface area contributed by atoms with Crippen molar-refractivity contribution in [2.24, 2.45) is 0 Å². The second kappa shape index (κ2) is 7.54. The van der Waals surface area contributed by atoms with Gasteiger partial charge in [0.15, 0.2) is 0 Å². The predicted molar refractivity (Wildman–Crippen MR) is 69.3 cm³/mol. The third kappa shape index (κ3) is 4.43. The van der Waals surface area contributed by atoms with Crippen molar-refractivity contribution < 1.29 is 9.59 Å². The van der Waals surface area contributed by atoms with Crippen molar-refractivity contribution in [3.05, 3.63) is 66.2 Å². The third-order valence-corrected chi connectivity index (χ3v) is 2.07. The van der Waals surface area contributed by atoms with Gasteiger partial charge in [-0.05, 0) is 24.3 Å². The zero-order valence-electron chi connectivity index (χ0n) is 9.59. The summed E-state index contributed by atoms with van der Waals surface area (Å²) in [6, 6.07) is 18.6. The molecular weight excluding hydrogens is 228 g/mol. The summed E-state index contributed by atoms with van der Waals surface area (Å²) in [6.45, 7) is 0. The van der Waals surface area contributed by atoms with Crippen LogP contribution in [0.4, 0.5) is 5.69 Å². The highest BCUT2D eigenvalue weighted by Crippen LogP contribution is 2.07. The Balaban J connectivity index is 0.000000492. The third-order valence-electron chi connectivity index (χ3n) is 2.07. The van der Waals surface area contributed by atoms with E-state index in [0.717, 1.165) is 11.8 Å². The first-order valence-corrected chi connectivity index (χ1v) is 5.23. The molecule has 2 aromatic rings. The lowest BCUT2D eigenvalue weighted by atomic mass is 10.2. The highest BCUT2D eigenvalue weighted by molar-refractivity contribution is 6.04. The van der Waals surface area contributed by atoms with Crippen molar-refractivity contribution in [1.29, 1.82) is 5.41 Å². The number of amides is 1. The van der Waals surface area contributed by atoms with Crippen LogP contribution in [0, 0.1) is 5.41 Å². The lowest BCUT2D eigenvalue weighted by Gasteiger charge is -2.03. The smallest absolute Gasteiger partial charge is 0.255 e. The van der Waals surface area contributed by atoms with E-state index in [1.54, 1.807) is 12.1 Å². The van der Waals surface area contributed by atoms with E-state index < -0.39 is 0 Å². The minimum atomic E-state index is -0.0817. The number of hydrogen-bond donors (Lipinski definition) is 2. The van der Waals surface area contributed by atoms with Crippen molar-refractivity contribution in [3.63, 3.8) is 0 Å².